The second-order valence-electron chi connectivity index (χ2n) is 8.25. The van der Waals surface area contributed by atoms with Gasteiger partial charge in [-0.1, -0.05) is 42.5 Å². The van der Waals surface area contributed by atoms with Crippen molar-refractivity contribution in [1.82, 2.24) is 9.21 Å². The molecule has 4 rings (SSSR count). The summed E-state index contributed by atoms with van der Waals surface area (Å²) in [6.45, 7) is 1.11. The molecule has 0 aliphatic carbocycles. The number of carbonyl (C=O) groups excluding carboxylic acids is 1. The molecular formula is C25H28N2O4S. The maximum atomic E-state index is 13.3. The quantitative estimate of drug-likeness (QED) is 0.569. The Kier molecular flexibility index (Phi) is 6.48. The summed E-state index contributed by atoms with van der Waals surface area (Å²) < 4.78 is 33.3. The van der Waals surface area contributed by atoms with Gasteiger partial charge >= 0.3 is 0 Å². The number of amides is 1. The zero-order valence-corrected chi connectivity index (χ0v) is 19.2. The van der Waals surface area contributed by atoms with Gasteiger partial charge in [-0.15, -0.1) is 0 Å². The number of hydrogen-bond donors (Lipinski definition) is 0. The first kappa shape index (κ1) is 22.3. The fraction of sp³-hybridized carbons (Fsp3) is 0.320. The molecule has 1 aliphatic rings. The molecule has 3 aromatic carbocycles. The van der Waals surface area contributed by atoms with E-state index < -0.39 is 10.0 Å². The van der Waals surface area contributed by atoms with Gasteiger partial charge in [-0.3, -0.25) is 4.79 Å². The van der Waals surface area contributed by atoms with Crippen LogP contribution in [0.25, 0.3) is 10.8 Å². The van der Waals surface area contributed by atoms with Crippen molar-refractivity contribution in [3.8, 4) is 5.75 Å². The lowest BCUT2D eigenvalue weighted by Crippen LogP contribution is -2.45. The van der Waals surface area contributed by atoms with Crippen molar-refractivity contribution in [1.29, 1.82) is 0 Å². The molecule has 7 heteroatoms. The standard InChI is InChI=1S/C25H28N2O4S/c1-26(17-19-9-12-23(31-2)13-10-19)25(28)22-8-5-15-27(18-22)32(29,30)24-14-11-20-6-3-4-7-21(20)16-24/h3-4,6-7,9-14,16,22H,5,8,15,17-18H2,1-2H3/t22-/m1/s1. The average molecular weight is 453 g/mol. The maximum Gasteiger partial charge on any atom is 0.243 e. The highest BCUT2D eigenvalue weighted by Gasteiger charge is 2.34. The molecule has 1 heterocycles. The molecule has 0 spiro atoms. The van der Waals surface area contributed by atoms with Crippen LogP contribution in [0.5, 0.6) is 5.75 Å². The molecule has 0 aromatic heterocycles. The van der Waals surface area contributed by atoms with Gasteiger partial charge in [-0.05, 0) is 53.4 Å². The number of rotatable bonds is 6. The van der Waals surface area contributed by atoms with Gasteiger partial charge in [0.2, 0.25) is 15.9 Å². The van der Waals surface area contributed by atoms with E-state index in [2.05, 4.69) is 0 Å². The molecule has 0 saturated carbocycles. The second kappa shape index (κ2) is 9.30. The lowest BCUT2D eigenvalue weighted by atomic mass is 9.98. The molecule has 0 bridgehead atoms. The van der Waals surface area contributed by atoms with Crippen LogP contribution in [0.1, 0.15) is 18.4 Å². The van der Waals surface area contributed by atoms with E-state index >= 15 is 0 Å². The van der Waals surface area contributed by atoms with E-state index in [9.17, 15) is 13.2 Å². The van der Waals surface area contributed by atoms with Crippen LogP contribution in [0, 0.1) is 5.92 Å². The van der Waals surface area contributed by atoms with Gasteiger partial charge in [-0.25, -0.2) is 8.42 Å². The van der Waals surface area contributed by atoms with Gasteiger partial charge in [0.25, 0.3) is 0 Å². The smallest absolute Gasteiger partial charge is 0.243 e. The molecule has 0 unspecified atom stereocenters. The fourth-order valence-corrected chi connectivity index (χ4v) is 5.79. The average Bonchev–Trinajstić information content (AvgIpc) is 2.83. The van der Waals surface area contributed by atoms with Crippen LogP contribution < -0.4 is 4.74 Å². The number of carbonyl (C=O) groups is 1. The van der Waals surface area contributed by atoms with Crippen molar-refractivity contribution >= 4 is 26.7 Å². The van der Waals surface area contributed by atoms with Crippen LogP contribution in [0.15, 0.2) is 71.6 Å². The monoisotopic (exact) mass is 452 g/mol. The van der Waals surface area contributed by atoms with Crippen molar-refractivity contribution in [3.63, 3.8) is 0 Å². The summed E-state index contributed by atoms with van der Waals surface area (Å²) in [5.74, 6) is 0.394. The highest BCUT2D eigenvalue weighted by atomic mass is 32.2. The van der Waals surface area contributed by atoms with E-state index in [1.807, 2.05) is 54.6 Å². The third kappa shape index (κ3) is 4.64. The normalized spacial score (nSPS) is 17.2. The second-order valence-corrected chi connectivity index (χ2v) is 10.2. The Bertz CT molecular complexity index is 1210. The number of nitrogens with zero attached hydrogens (tertiary/aromatic N) is 2. The number of fused-ring (bicyclic) bond motifs is 1. The number of benzene rings is 3. The predicted molar refractivity (Wildman–Crippen MR) is 125 cm³/mol. The molecule has 1 fully saturated rings. The van der Waals surface area contributed by atoms with Crippen LogP contribution >= 0.6 is 0 Å². The molecule has 0 radical (unpaired) electrons. The summed E-state index contributed by atoms with van der Waals surface area (Å²) in [5.41, 5.74) is 0.998. The van der Waals surface area contributed by atoms with Crippen LogP contribution in [-0.2, 0) is 21.4 Å². The Morgan fingerprint density at radius 1 is 1.06 bits per heavy atom. The van der Waals surface area contributed by atoms with Crippen LogP contribution in [0.4, 0.5) is 0 Å². The molecule has 3 aromatic rings. The van der Waals surface area contributed by atoms with E-state index in [-0.39, 0.29) is 23.3 Å². The maximum absolute atomic E-state index is 13.3. The molecule has 0 N–H and O–H groups in total. The molecule has 1 saturated heterocycles. The molecule has 1 aliphatic heterocycles. The van der Waals surface area contributed by atoms with E-state index in [0.717, 1.165) is 22.1 Å². The van der Waals surface area contributed by atoms with Crippen LogP contribution in [-0.4, -0.2) is 50.8 Å². The summed E-state index contributed by atoms with van der Waals surface area (Å²) in [5, 5.41) is 1.88. The first-order chi connectivity index (χ1) is 15.4. The third-order valence-corrected chi connectivity index (χ3v) is 7.91. The Labute approximate surface area is 189 Å². The number of ether oxygens (including phenoxy) is 1. The van der Waals surface area contributed by atoms with Crippen LogP contribution in [0.3, 0.4) is 0 Å². The first-order valence-electron chi connectivity index (χ1n) is 10.8. The van der Waals surface area contributed by atoms with Crippen molar-refractivity contribution in [2.75, 3.05) is 27.2 Å². The lowest BCUT2D eigenvalue weighted by Gasteiger charge is -2.33. The van der Waals surface area contributed by atoms with Crippen LogP contribution in [0.2, 0.25) is 0 Å². The number of methoxy groups -OCH3 is 1. The molecule has 32 heavy (non-hydrogen) atoms. The lowest BCUT2D eigenvalue weighted by molar-refractivity contribution is -0.135. The van der Waals surface area contributed by atoms with Crippen molar-refractivity contribution in [2.24, 2.45) is 5.92 Å². The number of piperidine rings is 1. The molecular weight excluding hydrogens is 424 g/mol. The van der Waals surface area contributed by atoms with Gasteiger partial charge in [0.1, 0.15) is 5.75 Å². The third-order valence-electron chi connectivity index (χ3n) is 6.05. The molecule has 168 valence electrons. The largest absolute Gasteiger partial charge is 0.497 e. The van der Waals surface area contributed by atoms with Crippen molar-refractivity contribution in [2.45, 2.75) is 24.3 Å². The zero-order chi connectivity index (χ0) is 22.7. The minimum absolute atomic E-state index is 0.0285. The Morgan fingerprint density at radius 2 is 1.78 bits per heavy atom. The topological polar surface area (TPSA) is 66.9 Å². The molecule has 1 atom stereocenters. The van der Waals surface area contributed by atoms with Crippen molar-refractivity contribution < 1.29 is 17.9 Å². The zero-order valence-electron chi connectivity index (χ0n) is 18.4. The first-order valence-corrected chi connectivity index (χ1v) is 12.2. The van der Waals surface area contributed by atoms with E-state index in [1.54, 1.807) is 31.2 Å². The molecule has 6 nitrogen and oxygen atoms in total. The Morgan fingerprint density at radius 3 is 2.50 bits per heavy atom. The predicted octanol–water partition coefficient (Wildman–Crippen LogP) is 3.91. The van der Waals surface area contributed by atoms with Gasteiger partial charge in [-0.2, -0.15) is 4.31 Å². The summed E-state index contributed by atoms with van der Waals surface area (Å²) in [6.07, 6.45) is 1.36. The van der Waals surface area contributed by atoms with Gasteiger partial charge in [0, 0.05) is 26.7 Å². The van der Waals surface area contributed by atoms with Gasteiger partial charge in [0.15, 0.2) is 0 Å². The van der Waals surface area contributed by atoms with Crippen molar-refractivity contribution in [3.05, 3.63) is 72.3 Å². The number of hydrogen-bond acceptors (Lipinski definition) is 4. The minimum Gasteiger partial charge on any atom is -0.497 e. The van der Waals surface area contributed by atoms with Gasteiger partial charge in [0.05, 0.1) is 17.9 Å². The SMILES string of the molecule is COc1ccc(CN(C)C(=O)[C@@H]2CCCN(S(=O)(=O)c3ccc4ccccc4c3)C2)cc1. The summed E-state index contributed by atoms with van der Waals surface area (Å²) in [6, 6.07) is 20.5. The molecule has 1 amide bonds. The van der Waals surface area contributed by atoms with E-state index in [0.29, 0.717) is 25.9 Å². The van der Waals surface area contributed by atoms with E-state index in [4.69, 9.17) is 4.74 Å². The summed E-state index contributed by atoms with van der Waals surface area (Å²) >= 11 is 0. The summed E-state index contributed by atoms with van der Waals surface area (Å²) in [7, 11) is -0.280. The van der Waals surface area contributed by atoms with E-state index in [1.165, 1.54) is 4.31 Å². The Hall–Kier alpha value is -2.90. The minimum atomic E-state index is -3.66. The highest BCUT2D eigenvalue weighted by molar-refractivity contribution is 7.89. The fourth-order valence-electron chi connectivity index (χ4n) is 4.23. The van der Waals surface area contributed by atoms with Gasteiger partial charge < -0.3 is 9.64 Å². The highest BCUT2D eigenvalue weighted by Crippen LogP contribution is 2.27. The summed E-state index contributed by atoms with van der Waals surface area (Å²) in [4.78, 5) is 15.0. The Balaban J connectivity index is 1.46. The number of sulfonamides is 1.